The van der Waals surface area contributed by atoms with Crippen LogP contribution in [0.3, 0.4) is 0 Å². The smallest absolute Gasteiger partial charge is 0.410 e. The van der Waals surface area contributed by atoms with Crippen molar-refractivity contribution in [2.45, 2.75) is 39.3 Å². The maximum absolute atomic E-state index is 12.5. The van der Waals surface area contributed by atoms with Crippen molar-refractivity contribution in [1.29, 1.82) is 0 Å². The number of fused-ring (bicyclic) bond motifs is 3. The van der Waals surface area contributed by atoms with Crippen LogP contribution in [0.4, 0.5) is 16.2 Å². The predicted molar refractivity (Wildman–Crippen MR) is 113 cm³/mol. The quantitative estimate of drug-likeness (QED) is 0.678. The van der Waals surface area contributed by atoms with Crippen molar-refractivity contribution in [2.24, 2.45) is 0 Å². The fourth-order valence-electron chi connectivity index (χ4n) is 3.50. The monoisotopic (exact) mass is 394 g/mol. The van der Waals surface area contributed by atoms with Crippen LogP contribution in [0.1, 0.15) is 32.0 Å². The summed E-state index contributed by atoms with van der Waals surface area (Å²) in [6, 6.07) is 9.81. The van der Waals surface area contributed by atoms with E-state index in [1.807, 2.05) is 45.0 Å². The van der Waals surface area contributed by atoms with Gasteiger partial charge in [0.2, 0.25) is 0 Å². The highest BCUT2D eigenvalue weighted by molar-refractivity contribution is 5.86. The van der Waals surface area contributed by atoms with Crippen LogP contribution < -0.4 is 10.1 Å². The second kappa shape index (κ2) is 7.31. The normalized spacial score (nSPS) is 13.9. The molecule has 0 unspecified atom stereocenters. The number of carbonyl (C=O) groups excluding carboxylic acids is 1. The minimum Gasteiger partial charge on any atom is -0.497 e. The Labute approximate surface area is 170 Å². The molecule has 0 aliphatic carbocycles. The molecule has 7 nitrogen and oxygen atoms in total. The van der Waals surface area contributed by atoms with E-state index >= 15 is 0 Å². The van der Waals surface area contributed by atoms with Gasteiger partial charge in [0, 0.05) is 41.4 Å². The molecule has 152 valence electrons. The van der Waals surface area contributed by atoms with Crippen molar-refractivity contribution in [3.63, 3.8) is 0 Å². The molecule has 3 heterocycles. The van der Waals surface area contributed by atoms with Crippen molar-refractivity contribution in [1.82, 2.24) is 14.9 Å². The zero-order valence-corrected chi connectivity index (χ0v) is 17.2. The van der Waals surface area contributed by atoms with Crippen molar-refractivity contribution in [3.8, 4) is 5.75 Å². The second-order valence-corrected chi connectivity index (χ2v) is 8.21. The molecule has 0 saturated carbocycles. The van der Waals surface area contributed by atoms with E-state index < -0.39 is 5.60 Å². The summed E-state index contributed by atoms with van der Waals surface area (Å²) in [6.07, 6.45) is 2.27. The molecule has 0 radical (unpaired) electrons. The molecular formula is C22H26N4O3. The van der Waals surface area contributed by atoms with Gasteiger partial charge in [0.15, 0.2) is 0 Å². The lowest BCUT2D eigenvalue weighted by Gasteiger charge is -2.30. The van der Waals surface area contributed by atoms with Gasteiger partial charge in [0.1, 0.15) is 17.0 Å². The van der Waals surface area contributed by atoms with E-state index in [2.05, 4.69) is 21.4 Å². The molecule has 4 rings (SSSR count). The van der Waals surface area contributed by atoms with Gasteiger partial charge in [-0.25, -0.2) is 9.78 Å². The molecule has 1 aliphatic heterocycles. The first-order chi connectivity index (χ1) is 13.8. The lowest BCUT2D eigenvalue weighted by Crippen LogP contribution is -2.39. The Kier molecular flexibility index (Phi) is 4.82. The molecule has 7 heteroatoms. The number of nitrogens with one attached hydrogen (secondary N) is 2. The number of hydrogen-bond donors (Lipinski definition) is 2. The standard InChI is InChI=1S/C22H26N4O3/c1-22(2,3)29-21(27)26-9-8-19-18(13-26)17-11-15(12-23-20(17)25-19)24-14-6-5-7-16(10-14)28-4/h5-7,10-12,24H,8-9,13H2,1-4H3,(H,23,25). The largest absolute Gasteiger partial charge is 0.497 e. The first-order valence-corrected chi connectivity index (χ1v) is 9.71. The van der Waals surface area contributed by atoms with Crippen LogP contribution in [-0.2, 0) is 17.7 Å². The van der Waals surface area contributed by atoms with E-state index in [4.69, 9.17) is 9.47 Å². The molecule has 3 aromatic rings. The van der Waals surface area contributed by atoms with E-state index in [1.165, 1.54) is 0 Å². The lowest BCUT2D eigenvalue weighted by molar-refractivity contribution is 0.0224. The zero-order valence-electron chi connectivity index (χ0n) is 17.2. The first kappa shape index (κ1) is 19.1. The van der Waals surface area contributed by atoms with E-state index in [1.54, 1.807) is 18.2 Å². The molecule has 0 fully saturated rings. The number of aromatic nitrogens is 2. The molecule has 0 bridgehead atoms. The van der Waals surface area contributed by atoms with Crippen LogP contribution in [-0.4, -0.2) is 40.2 Å². The summed E-state index contributed by atoms with van der Waals surface area (Å²) in [5, 5.41) is 4.39. The number of ether oxygens (including phenoxy) is 2. The molecule has 0 saturated heterocycles. The van der Waals surface area contributed by atoms with Crippen molar-refractivity contribution in [2.75, 3.05) is 19.0 Å². The Morgan fingerprint density at radius 2 is 2.07 bits per heavy atom. The minimum absolute atomic E-state index is 0.281. The van der Waals surface area contributed by atoms with Gasteiger partial charge >= 0.3 is 6.09 Å². The number of methoxy groups -OCH3 is 1. The van der Waals surface area contributed by atoms with Crippen LogP contribution in [0.15, 0.2) is 36.5 Å². The minimum atomic E-state index is -0.507. The lowest BCUT2D eigenvalue weighted by atomic mass is 10.1. The van der Waals surface area contributed by atoms with Gasteiger partial charge in [-0.3, -0.25) is 0 Å². The molecule has 0 spiro atoms. The average molecular weight is 394 g/mol. The topological polar surface area (TPSA) is 79.5 Å². The summed E-state index contributed by atoms with van der Waals surface area (Å²) in [5.41, 5.74) is 4.35. The van der Waals surface area contributed by atoms with E-state index in [0.717, 1.165) is 45.8 Å². The first-order valence-electron chi connectivity index (χ1n) is 9.71. The molecule has 1 aliphatic rings. The number of anilines is 2. The number of pyridine rings is 1. The Morgan fingerprint density at radius 1 is 1.24 bits per heavy atom. The third kappa shape index (κ3) is 4.13. The Balaban J connectivity index is 1.60. The molecule has 2 aromatic heterocycles. The summed E-state index contributed by atoms with van der Waals surface area (Å²) >= 11 is 0. The number of carbonyl (C=O) groups is 1. The SMILES string of the molecule is COc1cccc(Nc2cnc3[nH]c4c(c3c2)CN(C(=O)OC(C)(C)C)CC4)c1. The zero-order chi connectivity index (χ0) is 20.6. The third-order valence-corrected chi connectivity index (χ3v) is 4.84. The maximum Gasteiger partial charge on any atom is 0.410 e. The van der Waals surface area contributed by atoms with Crippen molar-refractivity contribution in [3.05, 3.63) is 47.8 Å². The number of amides is 1. The fourth-order valence-corrected chi connectivity index (χ4v) is 3.50. The summed E-state index contributed by atoms with van der Waals surface area (Å²) < 4.78 is 10.8. The number of hydrogen-bond acceptors (Lipinski definition) is 5. The highest BCUT2D eigenvalue weighted by Crippen LogP contribution is 2.30. The fraction of sp³-hybridized carbons (Fsp3) is 0.364. The van der Waals surface area contributed by atoms with Crippen molar-refractivity contribution >= 4 is 28.5 Å². The summed E-state index contributed by atoms with van der Waals surface area (Å²) in [5.74, 6) is 0.788. The molecule has 1 aromatic carbocycles. The number of H-pyrrole nitrogens is 1. The molecular weight excluding hydrogens is 368 g/mol. The van der Waals surface area contributed by atoms with Crippen LogP contribution in [0.2, 0.25) is 0 Å². The Bertz CT molecular complexity index is 1050. The highest BCUT2D eigenvalue weighted by atomic mass is 16.6. The summed E-state index contributed by atoms with van der Waals surface area (Å²) in [7, 11) is 1.65. The molecule has 0 atom stereocenters. The highest BCUT2D eigenvalue weighted by Gasteiger charge is 2.28. The van der Waals surface area contributed by atoms with Gasteiger partial charge < -0.3 is 24.7 Å². The van der Waals surface area contributed by atoms with Gasteiger partial charge in [0.25, 0.3) is 0 Å². The predicted octanol–water partition coefficient (Wildman–Crippen LogP) is 4.61. The number of nitrogens with zero attached hydrogens (tertiary/aromatic N) is 2. The second-order valence-electron chi connectivity index (χ2n) is 8.21. The van der Waals surface area contributed by atoms with Crippen LogP contribution >= 0.6 is 0 Å². The summed E-state index contributed by atoms with van der Waals surface area (Å²) in [4.78, 5) is 22.2. The van der Waals surface area contributed by atoms with Crippen LogP contribution in [0.5, 0.6) is 5.75 Å². The van der Waals surface area contributed by atoms with E-state index in [0.29, 0.717) is 13.1 Å². The van der Waals surface area contributed by atoms with Gasteiger partial charge in [0.05, 0.1) is 25.5 Å². The number of aromatic amines is 1. The van der Waals surface area contributed by atoms with Gasteiger partial charge in [-0.1, -0.05) is 6.07 Å². The maximum atomic E-state index is 12.5. The Hall–Kier alpha value is -3.22. The Morgan fingerprint density at radius 3 is 2.83 bits per heavy atom. The third-order valence-electron chi connectivity index (χ3n) is 4.84. The van der Waals surface area contributed by atoms with Crippen LogP contribution in [0, 0.1) is 0 Å². The van der Waals surface area contributed by atoms with Gasteiger partial charge in [-0.2, -0.15) is 0 Å². The van der Waals surface area contributed by atoms with Crippen molar-refractivity contribution < 1.29 is 14.3 Å². The average Bonchev–Trinajstić information content (AvgIpc) is 3.04. The van der Waals surface area contributed by atoms with E-state index in [9.17, 15) is 4.79 Å². The molecule has 2 N–H and O–H groups in total. The van der Waals surface area contributed by atoms with Crippen LogP contribution in [0.25, 0.3) is 11.0 Å². The number of rotatable bonds is 3. The molecule has 1 amide bonds. The van der Waals surface area contributed by atoms with Gasteiger partial charge in [-0.15, -0.1) is 0 Å². The van der Waals surface area contributed by atoms with Gasteiger partial charge in [-0.05, 0) is 39.0 Å². The molecule has 29 heavy (non-hydrogen) atoms. The van der Waals surface area contributed by atoms with E-state index in [-0.39, 0.29) is 6.09 Å². The number of benzene rings is 1. The summed E-state index contributed by atoms with van der Waals surface area (Å²) in [6.45, 7) is 6.78.